The summed E-state index contributed by atoms with van der Waals surface area (Å²) < 4.78 is 26.5. The molecule has 1 fully saturated rings. The SMILES string of the molecule is O=S(=O)(NC1CC(O)C1)c1c(Cl)cccc1Cl. The minimum absolute atomic E-state index is 0.0878. The first-order chi connectivity index (χ1) is 7.90. The van der Waals surface area contributed by atoms with Crippen LogP contribution in [-0.2, 0) is 10.0 Å². The van der Waals surface area contributed by atoms with Crippen LogP contribution in [0.15, 0.2) is 23.1 Å². The molecule has 1 aromatic carbocycles. The lowest BCUT2D eigenvalue weighted by molar-refractivity contribution is 0.0712. The zero-order valence-electron chi connectivity index (χ0n) is 8.73. The maximum atomic E-state index is 12.0. The van der Waals surface area contributed by atoms with Gasteiger partial charge in [0.05, 0.1) is 16.1 Å². The number of hydrogen-bond acceptors (Lipinski definition) is 3. The highest BCUT2D eigenvalue weighted by molar-refractivity contribution is 7.89. The fourth-order valence-corrected chi connectivity index (χ4v) is 4.11. The molecule has 0 saturated heterocycles. The summed E-state index contributed by atoms with van der Waals surface area (Å²) in [6, 6.07) is 4.27. The Morgan fingerprint density at radius 2 is 1.76 bits per heavy atom. The van der Waals surface area contributed by atoms with Crippen LogP contribution < -0.4 is 4.72 Å². The van der Waals surface area contributed by atoms with Gasteiger partial charge in [0, 0.05) is 6.04 Å². The Hall–Kier alpha value is -0.330. The summed E-state index contributed by atoms with van der Waals surface area (Å²) in [5, 5.41) is 9.28. The molecule has 0 atom stereocenters. The maximum absolute atomic E-state index is 12.0. The van der Waals surface area contributed by atoms with E-state index in [1.54, 1.807) is 6.07 Å². The predicted octanol–water partition coefficient (Wildman–Crippen LogP) is 1.79. The number of hydrogen-bond donors (Lipinski definition) is 2. The highest BCUT2D eigenvalue weighted by Gasteiger charge is 2.32. The van der Waals surface area contributed by atoms with Crippen LogP contribution in [0.25, 0.3) is 0 Å². The summed E-state index contributed by atoms with van der Waals surface area (Å²) in [6.07, 6.45) is 0.409. The molecule has 0 aliphatic heterocycles. The molecule has 94 valence electrons. The van der Waals surface area contributed by atoms with E-state index in [4.69, 9.17) is 28.3 Å². The highest BCUT2D eigenvalue weighted by atomic mass is 35.5. The summed E-state index contributed by atoms with van der Waals surface area (Å²) in [5.74, 6) is 0. The average Bonchev–Trinajstić information content (AvgIpc) is 2.14. The standard InChI is InChI=1S/C10H11Cl2NO3S/c11-8-2-1-3-9(12)10(8)17(15,16)13-6-4-7(14)5-6/h1-3,6-7,13-14H,4-5H2. The van der Waals surface area contributed by atoms with E-state index in [1.807, 2.05) is 0 Å². The van der Waals surface area contributed by atoms with E-state index in [0.29, 0.717) is 12.8 Å². The molecule has 0 radical (unpaired) electrons. The van der Waals surface area contributed by atoms with Crippen LogP contribution >= 0.6 is 23.2 Å². The minimum atomic E-state index is -3.73. The molecule has 7 heteroatoms. The molecule has 0 bridgehead atoms. The summed E-state index contributed by atoms with van der Waals surface area (Å²) >= 11 is 11.7. The van der Waals surface area contributed by atoms with Crippen molar-refractivity contribution in [1.29, 1.82) is 0 Å². The van der Waals surface area contributed by atoms with Crippen molar-refractivity contribution < 1.29 is 13.5 Å². The highest BCUT2D eigenvalue weighted by Crippen LogP contribution is 2.30. The minimum Gasteiger partial charge on any atom is -0.393 e. The van der Waals surface area contributed by atoms with E-state index in [-0.39, 0.29) is 21.0 Å². The molecular formula is C10H11Cl2NO3S. The van der Waals surface area contributed by atoms with Crippen molar-refractivity contribution in [3.05, 3.63) is 28.2 Å². The van der Waals surface area contributed by atoms with Gasteiger partial charge in [0.25, 0.3) is 0 Å². The third-order valence-corrected chi connectivity index (χ3v) is 5.10. The number of sulfonamides is 1. The van der Waals surface area contributed by atoms with Crippen LogP contribution in [0.5, 0.6) is 0 Å². The van der Waals surface area contributed by atoms with Gasteiger partial charge in [-0.1, -0.05) is 29.3 Å². The van der Waals surface area contributed by atoms with Crippen molar-refractivity contribution in [3.8, 4) is 0 Å². The van der Waals surface area contributed by atoms with E-state index >= 15 is 0 Å². The third-order valence-electron chi connectivity index (χ3n) is 2.62. The van der Waals surface area contributed by atoms with Gasteiger partial charge < -0.3 is 5.11 Å². The van der Waals surface area contributed by atoms with Crippen molar-refractivity contribution in [3.63, 3.8) is 0 Å². The van der Waals surface area contributed by atoms with Crippen LogP contribution in [0.1, 0.15) is 12.8 Å². The molecule has 1 aliphatic carbocycles. The summed E-state index contributed by atoms with van der Waals surface area (Å²) in [4.78, 5) is -0.107. The number of halogens is 2. The number of rotatable bonds is 3. The number of nitrogens with one attached hydrogen (secondary N) is 1. The van der Waals surface area contributed by atoms with Crippen molar-refractivity contribution in [2.24, 2.45) is 0 Å². The van der Waals surface area contributed by atoms with E-state index in [0.717, 1.165) is 0 Å². The maximum Gasteiger partial charge on any atom is 0.243 e. The van der Waals surface area contributed by atoms with E-state index in [9.17, 15) is 8.42 Å². The van der Waals surface area contributed by atoms with E-state index in [1.165, 1.54) is 12.1 Å². The van der Waals surface area contributed by atoms with Gasteiger partial charge >= 0.3 is 0 Å². The van der Waals surface area contributed by atoms with Gasteiger partial charge in [-0.15, -0.1) is 0 Å². The monoisotopic (exact) mass is 295 g/mol. The zero-order chi connectivity index (χ0) is 12.6. The van der Waals surface area contributed by atoms with Crippen molar-refractivity contribution in [2.45, 2.75) is 29.9 Å². The van der Waals surface area contributed by atoms with Gasteiger partial charge in [0.2, 0.25) is 10.0 Å². The van der Waals surface area contributed by atoms with Gasteiger partial charge in [-0.25, -0.2) is 13.1 Å². The van der Waals surface area contributed by atoms with Gasteiger partial charge in [-0.2, -0.15) is 0 Å². The first kappa shape index (κ1) is 13.1. The fraction of sp³-hybridized carbons (Fsp3) is 0.400. The Morgan fingerprint density at radius 3 is 2.24 bits per heavy atom. The molecule has 1 aromatic rings. The second-order valence-corrected chi connectivity index (χ2v) is 6.46. The topological polar surface area (TPSA) is 66.4 Å². The molecule has 2 N–H and O–H groups in total. The lowest BCUT2D eigenvalue weighted by atomic mass is 9.91. The number of benzene rings is 1. The molecule has 0 unspecified atom stereocenters. The number of aliphatic hydroxyl groups excluding tert-OH is 1. The second-order valence-electron chi connectivity index (χ2n) is 3.99. The Kier molecular flexibility index (Phi) is 3.66. The van der Waals surface area contributed by atoms with Crippen LogP contribution in [0.4, 0.5) is 0 Å². The summed E-state index contributed by atoms with van der Waals surface area (Å²) in [7, 11) is -3.73. The average molecular weight is 296 g/mol. The Morgan fingerprint density at radius 1 is 1.24 bits per heavy atom. The molecule has 1 saturated carbocycles. The van der Waals surface area contributed by atoms with Crippen LogP contribution in [0.2, 0.25) is 10.0 Å². The molecule has 0 aromatic heterocycles. The summed E-state index contributed by atoms with van der Waals surface area (Å²) in [5.41, 5.74) is 0. The smallest absolute Gasteiger partial charge is 0.243 e. The number of aliphatic hydroxyl groups is 1. The van der Waals surface area contributed by atoms with Crippen LogP contribution in [-0.4, -0.2) is 25.7 Å². The first-order valence-electron chi connectivity index (χ1n) is 5.04. The van der Waals surface area contributed by atoms with Gasteiger partial charge in [-0.3, -0.25) is 0 Å². The Bertz CT molecular complexity index is 506. The fourth-order valence-electron chi connectivity index (χ4n) is 1.70. The van der Waals surface area contributed by atoms with E-state index < -0.39 is 16.1 Å². The molecule has 1 aliphatic rings. The van der Waals surface area contributed by atoms with E-state index in [2.05, 4.69) is 4.72 Å². The van der Waals surface area contributed by atoms with Crippen molar-refractivity contribution >= 4 is 33.2 Å². The molecular weight excluding hydrogens is 285 g/mol. The van der Waals surface area contributed by atoms with Crippen molar-refractivity contribution in [2.75, 3.05) is 0 Å². The lowest BCUT2D eigenvalue weighted by Gasteiger charge is -2.31. The second kappa shape index (κ2) is 4.74. The molecule has 4 nitrogen and oxygen atoms in total. The van der Waals surface area contributed by atoms with Gasteiger partial charge in [0.15, 0.2) is 0 Å². The zero-order valence-corrected chi connectivity index (χ0v) is 11.1. The molecule has 0 heterocycles. The van der Waals surface area contributed by atoms with Crippen molar-refractivity contribution in [1.82, 2.24) is 4.72 Å². The molecule has 0 amide bonds. The first-order valence-corrected chi connectivity index (χ1v) is 7.28. The Balaban J connectivity index is 2.26. The quantitative estimate of drug-likeness (QED) is 0.893. The molecule has 17 heavy (non-hydrogen) atoms. The predicted molar refractivity (Wildman–Crippen MR) is 65.8 cm³/mol. The lowest BCUT2D eigenvalue weighted by Crippen LogP contribution is -2.46. The van der Waals surface area contributed by atoms with Crippen LogP contribution in [0, 0.1) is 0 Å². The molecule has 0 spiro atoms. The van der Waals surface area contributed by atoms with Crippen LogP contribution in [0.3, 0.4) is 0 Å². The molecule has 2 rings (SSSR count). The normalized spacial score (nSPS) is 24.4. The van der Waals surface area contributed by atoms with Gasteiger partial charge in [0.1, 0.15) is 4.90 Å². The third kappa shape index (κ3) is 2.74. The largest absolute Gasteiger partial charge is 0.393 e. The van der Waals surface area contributed by atoms with Gasteiger partial charge in [-0.05, 0) is 25.0 Å². The summed E-state index contributed by atoms with van der Waals surface area (Å²) in [6.45, 7) is 0. The Labute approximate surface area is 110 Å².